The molecule has 1 amide bonds. The van der Waals surface area contributed by atoms with Crippen LogP contribution in [0.3, 0.4) is 0 Å². The van der Waals surface area contributed by atoms with E-state index in [4.69, 9.17) is 14.2 Å². The summed E-state index contributed by atoms with van der Waals surface area (Å²) in [6.45, 7) is 6.95. The van der Waals surface area contributed by atoms with Crippen LogP contribution in [0, 0.1) is 0 Å². The fraction of sp³-hybridized carbons (Fsp3) is 0.350. The Morgan fingerprint density at radius 3 is 2.28 bits per heavy atom. The highest BCUT2D eigenvalue weighted by molar-refractivity contribution is 5.94. The molecule has 2 aromatic rings. The number of benzene rings is 2. The predicted octanol–water partition coefficient (Wildman–Crippen LogP) is 3.98. The highest BCUT2D eigenvalue weighted by atomic mass is 16.5. The molecule has 0 radical (unpaired) electrons. The zero-order valence-corrected chi connectivity index (χ0v) is 15.2. The van der Waals surface area contributed by atoms with Crippen molar-refractivity contribution < 1.29 is 19.0 Å². The van der Waals surface area contributed by atoms with E-state index in [1.54, 1.807) is 31.4 Å². The van der Waals surface area contributed by atoms with Gasteiger partial charge in [-0.15, -0.1) is 0 Å². The lowest BCUT2D eigenvalue weighted by atomic mass is 10.1. The first kappa shape index (κ1) is 18.6. The summed E-state index contributed by atoms with van der Waals surface area (Å²) in [5.74, 6) is 1.96. The molecule has 0 aliphatic carbocycles. The predicted molar refractivity (Wildman–Crippen MR) is 97.7 cm³/mol. The summed E-state index contributed by atoms with van der Waals surface area (Å²) in [7, 11) is 1.60. The molecule has 0 aliphatic heterocycles. The van der Waals surface area contributed by atoms with Crippen molar-refractivity contribution in [3.63, 3.8) is 0 Å². The Labute approximate surface area is 148 Å². The Kier molecular flexibility index (Phi) is 6.69. The van der Waals surface area contributed by atoms with Crippen LogP contribution in [0.25, 0.3) is 0 Å². The largest absolute Gasteiger partial charge is 0.494 e. The zero-order chi connectivity index (χ0) is 18.2. The molecular weight excluding hydrogens is 318 g/mol. The quantitative estimate of drug-likeness (QED) is 0.787. The van der Waals surface area contributed by atoms with Crippen LogP contribution in [0.15, 0.2) is 42.5 Å². The number of hydrogen-bond donors (Lipinski definition) is 1. The van der Waals surface area contributed by atoms with E-state index in [9.17, 15) is 4.79 Å². The lowest BCUT2D eigenvalue weighted by Crippen LogP contribution is -2.26. The van der Waals surface area contributed by atoms with E-state index in [-0.39, 0.29) is 11.9 Å². The SMILES string of the molecule is CCOc1ccc(C(=O)NC(C)c2ccc(OCC)c(OC)c2)cc1. The average Bonchev–Trinajstić information content (AvgIpc) is 2.63. The molecule has 25 heavy (non-hydrogen) atoms. The molecular formula is C20H25NO4. The molecule has 0 aromatic heterocycles. The maximum atomic E-state index is 12.4. The van der Waals surface area contributed by atoms with Gasteiger partial charge in [-0.2, -0.15) is 0 Å². The van der Waals surface area contributed by atoms with Crippen molar-refractivity contribution in [3.05, 3.63) is 53.6 Å². The summed E-state index contributed by atoms with van der Waals surface area (Å²) in [4.78, 5) is 12.4. The van der Waals surface area contributed by atoms with Crippen molar-refractivity contribution >= 4 is 5.91 Å². The first-order chi connectivity index (χ1) is 12.1. The van der Waals surface area contributed by atoms with Crippen LogP contribution >= 0.6 is 0 Å². The lowest BCUT2D eigenvalue weighted by molar-refractivity contribution is 0.0940. The molecule has 0 saturated heterocycles. The first-order valence-corrected chi connectivity index (χ1v) is 8.43. The van der Waals surface area contributed by atoms with Crippen LogP contribution in [0.4, 0.5) is 0 Å². The van der Waals surface area contributed by atoms with Gasteiger partial charge in [0.15, 0.2) is 11.5 Å². The van der Waals surface area contributed by atoms with Gasteiger partial charge in [-0.25, -0.2) is 0 Å². The molecule has 5 nitrogen and oxygen atoms in total. The van der Waals surface area contributed by atoms with E-state index < -0.39 is 0 Å². The van der Waals surface area contributed by atoms with Crippen molar-refractivity contribution in [2.75, 3.05) is 20.3 Å². The van der Waals surface area contributed by atoms with E-state index in [1.165, 1.54) is 0 Å². The van der Waals surface area contributed by atoms with Crippen LogP contribution in [-0.2, 0) is 0 Å². The third kappa shape index (κ3) is 4.89. The topological polar surface area (TPSA) is 56.8 Å². The molecule has 0 heterocycles. The third-order valence-corrected chi connectivity index (χ3v) is 3.76. The number of rotatable bonds is 8. The maximum Gasteiger partial charge on any atom is 0.251 e. The number of hydrogen-bond acceptors (Lipinski definition) is 4. The summed E-state index contributed by atoms with van der Waals surface area (Å²) in [6.07, 6.45) is 0. The second kappa shape index (κ2) is 8.97. The number of ether oxygens (including phenoxy) is 3. The van der Waals surface area contributed by atoms with E-state index in [2.05, 4.69) is 5.32 Å². The van der Waals surface area contributed by atoms with Gasteiger partial charge in [0.05, 0.1) is 26.4 Å². The lowest BCUT2D eigenvalue weighted by Gasteiger charge is -2.17. The van der Waals surface area contributed by atoms with Gasteiger partial charge in [0, 0.05) is 5.56 Å². The third-order valence-electron chi connectivity index (χ3n) is 3.76. The first-order valence-electron chi connectivity index (χ1n) is 8.43. The van der Waals surface area contributed by atoms with Gasteiger partial charge in [0.1, 0.15) is 5.75 Å². The van der Waals surface area contributed by atoms with Crippen molar-refractivity contribution in [2.24, 2.45) is 0 Å². The van der Waals surface area contributed by atoms with Gasteiger partial charge < -0.3 is 19.5 Å². The van der Waals surface area contributed by atoms with Crippen LogP contribution in [-0.4, -0.2) is 26.2 Å². The number of carbonyl (C=O) groups excluding carboxylic acids is 1. The Morgan fingerprint density at radius 2 is 1.68 bits per heavy atom. The highest BCUT2D eigenvalue weighted by Crippen LogP contribution is 2.30. The fourth-order valence-corrected chi connectivity index (χ4v) is 2.46. The molecule has 2 rings (SSSR count). The molecule has 0 saturated carbocycles. The van der Waals surface area contributed by atoms with Crippen LogP contribution in [0.5, 0.6) is 17.2 Å². The minimum absolute atomic E-state index is 0.136. The van der Waals surface area contributed by atoms with Crippen LogP contribution in [0.2, 0.25) is 0 Å². The zero-order valence-electron chi connectivity index (χ0n) is 15.2. The average molecular weight is 343 g/mol. The number of amides is 1. The summed E-state index contributed by atoms with van der Waals surface area (Å²) >= 11 is 0. The van der Waals surface area contributed by atoms with Gasteiger partial charge in [-0.1, -0.05) is 6.07 Å². The molecule has 1 atom stereocenters. The molecule has 0 aliphatic rings. The van der Waals surface area contributed by atoms with Gasteiger partial charge in [-0.05, 0) is 62.7 Å². The minimum atomic E-state index is -0.163. The smallest absolute Gasteiger partial charge is 0.251 e. The monoisotopic (exact) mass is 343 g/mol. The molecule has 5 heteroatoms. The molecule has 1 unspecified atom stereocenters. The van der Waals surface area contributed by atoms with Crippen molar-refractivity contribution in [1.29, 1.82) is 0 Å². The molecule has 2 aromatic carbocycles. The molecule has 0 fully saturated rings. The highest BCUT2D eigenvalue weighted by Gasteiger charge is 2.14. The van der Waals surface area contributed by atoms with Gasteiger partial charge in [0.2, 0.25) is 0 Å². The van der Waals surface area contributed by atoms with Crippen LogP contribution < -0.4 is 19.5 Å². The summed E-state index contributed by atoms with van der Waals surface area (Å²) in [5.41, 5.74) is 1.53. The summed E-state index contributed by atoms with van der Waals surface area (Å²) in [6, 6.07) is 12.6. The fourth-order valence-electron chi connectivity index (χ4n) is 2.46. The number of carbonyl (C=O) groups is 1. The van der Waals surface area contributed by atoms with E-state index in [1.807, 2.05) is 39.0 Å². The van der Waals surface area contributed by atoms with E-state index in [0.29, 0.717) is 30.3 Å². The number of methoxy groups -OCH3 is 1. The van der Waals surface area contributed by atoms with E-state index in [0.717, 1.165) is 11.3 Å². The standard InChI is InChI=1S/C20H25NO4/c1-5-24-17-10-7-15(8-11-17)20(22)21-14(3)16-9-12-18(25-6-2)19(13-16)23-4/h7-14H,5-6H2,1-4H3,(H,21,22). The molecule has 0 bridgehead atoms. The Balaban J connectivity index is 2.07. The second-order valence-electron chi connectivity index (χ2n) is 5.50. The summed E-state index contributed by atoms with van der Waals surface area (Å²) < 4.78 is 16.3. The Hall–Kier alpha value is -2.69. The Morgan fingerprint density at radius 1 is 1.00 bits per heavy atom. The van der Waals surface area contributed by atoms with Crippen molar-refractivity contribution in [1.82, 2.24) is 5.32 Å². The molecule has 1 N–H and O–H groups in total. The minimum Gasteiger partial charge on any atom is -0.494 e. The van der Waals surface area contributed by atoms with Gasteiger partial charge >= 0.3 is 0 Å². The molecule has 134 valence electrons. The van der Waals surface area contributed by atoms with Crippen molar-refractivity contribution in [2.45, 2.75) is 26.8 Å². The van der Waals surface area contributed by atoms with Gasteiger partial charge in [0.25, 0.3) is 5.91 Å². The Bertz CT molecular complexity index is 697. The van der Waals surface area contributed by atoms with Gasteiger partial charge in [-0.3, -0.25) is 4.79 Å². The van der Waals surface area contributed by atoms with Crippen LogP contribution in [0.1, 0.15) is 42.7 Å². The normalized spacial score (nSPS) is 11.5. The molecule has 0 spiro atoms. The number of nitrogens with one attached hydrogen (secondary N) is 1. The van der Waals surface area contributed by atoms with E-state index >= 15 is 0 Å². The summed E-state index contributed by atoms with van der Waals surface area (Å²) in [5, 5.41) is 2.99. The van der Waals surface area contributed by atoms with Crippen molar-refractivity contribution in [3.8, 4) is 17.2 Å². The maximum absolute atomic E-state index is 12.4. The second-order valence-corrected chi connectivity index (χ2v) is 5.50.